The first-order valence-electron chi connectivity index (χ1n) is 10.6. The van der Waals surface area contributed by atoms with Gasteiger partial charge >= 0.3 is 12.4 Å². The van der Waals surface area contributed by atoms with Gasteiger partial charge in [0.25, 0.3) is 5.91 Å². The highest BCUT2D eigenvalue weighted by Gasteiger charge is 2.40. The van der Waals surface area contributed by atoms with Crippen LogP contribution in [0.15, 0.2) is 36.4 Å². The third-order valence-electron chi connectivity index (χ3n) is 4.89. The van der Waals surface area contributed by atoms with Crippen LogP contribution in [0.2, 0.25) is 15.1 Å². The molecule has 0 radical (unpaired) electrons. The van der Waals surface area contributed by atoms with Gasteiger partial charge in [0.1, 0.15) is 0 Å². The molecule has 198 valence electrons. The third-order valence-corrected chi connectivity index (χ3v) is 7.52. The molecule has 0 bridgehead atoms. The van der Waals surface area contributed by atoms with Crippen LogP contribution in [0.1, 0.15) is 53.2 Å². The second-order valence-electron chi connectivity index (χ2n) is 7.93. The lowest BCUT2D eigenvalue weighted by Crippen LogP contribution is -2.35. The fourth-order valence-electron chi connectivity index (χ4n) is 3.22. The zero-order chi connectivity index (χ0) is 27.3. The highest BCUT2D eigenvalue weighted by atomic mass is 35.5. The summed E-state index contributed by atoms with van der Waals surface area (Å²) in [5, 5.41) is 2.02. The van der Waals surface area contributed by atoms with Crippen LogP contribution < -0.4 is 5.32 Å². The molecule has 12 heteroatoms. The fraction of sp³-hybridized carbons (Fsp3) is 0.375. The van der Waals surface area contributed by atoms with Crippen LogP contribution in [0.25, 0.3) is 6.08 Å². The van der Waals surface area contributed by atoms with E-state index in [0.717, 1.165) is 42.5 Å². The number of rotatable bonds is 9. The van der Waals surface area contributed by atoms with Crippen LogP contribution >= 0.6 is 46.6 Å². The van der Waals surface area contributed by atoms with Gasteiger partial charge in [-0.25, -0.2) is 0 Å². The van der Waals surface area contributed by atoms with Gasteiger partial charge in [-0.1, -0.05) is 59.9 Å². The summed E-state index contributed by atoms with van der Waals surface area (Å²) in [5.74, 6) is -1.76. The molecule has 0 aliphatic carbocycles. The summed E-state index contributed by atoms with van der Waals surface area (Å²) in [5.41, 5.74) is -2.38. The van der Waals surface area contributed by atoms with Gasteiger partial charge in [-0.05, 0) is 54.5 Å². The maximum absolute atomic E-state index is 13.7. The molecule has 0 saturated heterocycles. The minimum Gasteiger partial charge on any atom is -0.349 e. The number of carbonyl (C=O) groups is 1. The molecule has 0 aliphatic rings. The van der Waals surface area contributed by atoms with E-state index in [4.69, 9.17) is 34.8 Å². The first-order valence-corrected chi connectivity index (χ1v) is 12.9. The molecule has 0 fully saturated rings. The van der Waals surface area contributed by atoms with Crippen LogP contribution in [0.4, 0.5) is 26.3 Å². The number of allylic oxidation sites excluding steroid dienone is 1. The molecule has 2 nitrogen and oxygen atoms in total. The van der Waals surface area contributed by atoms with E-state index in [2.05, 4.69) is 5.32 Å². The molecule has 2 atom stereocenters. The lowest BCUT2D eigenvalue weighted by Gasteiger charge is -2.19. The molecule has 0 heterocycles. The molecule has 1 unspecified atom stereocenters. The topological polar surface area (TPSA) is 29.1 Å². The Morgan fingerprint density at radius 3 is 2.19 bits per heavy atom. The van der Waals surface area contributed by atoms with Gasteiger partial charge in [0, 0.05) is 11.8 Å². The Kier molecular flexibility index (Phi) is 10.9. The van der Waals surface area contributed by atoms with Crippen molar-refractivity contribution in [2.24, 2.45) is 0 Å². The van der Waals surface area contributed by atoms with Crippen molar-refractivity contribution in [2.45, 2.75) is 44.6 Å². The summed E-state index contributed by atoms with van der Waals surface area (Å²) in [7, 11) is 0. The molecule has 0 aromatic heterocycles. The van der Waals surface area contributed by atoms with E-state index in [1.54, 1.807) is 18.7 Å². The number of hydrogen-bond donors (Lipinski definition) is 1. The SMILES string of the molecule is CCCSC[C@@H](C)NC(=O)c1ccc(/C=C/C(c2cc(Cl)c(Cl)c(Cl)c2)C(F)(F)F)cc1C(F)(F)F. The predicted molar refractivity (Wildman–Crippen MR) is 135 cm³/mol. The molecule has 1 N–H and O–H groups in total. The molecular weight excluding hydrogens is 571 g/mol. The van der Waals surface area contributed by atoms with Gasteiger partial charge in [-0.15, -0.1) is 0 Å². The number of benzene rings is 2. The Bertz CT molecular complexity index is 1080. The van der Waals surface area contributed by atoms with Crippen LogP contribution in [0.3, 0.4) is 0 Å². The number of halogens is 9. The van der Waals surface area contributed by atoms with Gasteiger partial charge in [0.2, 0.25) is 0 Å². The molecule has 1 amide bonds. The Labute approximate surface area is 224 Å². The van der Waals surface area contributed by atoms with E-state index in [0.29, 0.717) is 17.9 Å². The first kappa shape index (κ1) is 30.7. The van der Waals surface area contributed by atoms with Gasteiger partial charge in [-0.3, -0.25) is 4.79 Å². The average molecular weight is 593 g/mol. The quantitative estimate of drug-likeness (QED) is 0.179. The van der Waals surface area contributed by atoms with E-state index in [9.17, 15) is 31.1 Å². The molecule has 2 aromatic carbocycles. The lowest BCUT2D eigenvalue weighted by atomic mass is 9.96. The van der Waals surface area contributed by atoms with Crippen LogP contribution in [0, 0.1) is 0 Å². The number of nitrogens with one attached hydrogen (secondary N) is 1. The van der Waals surface area contributed by atoms with Crippen LogP contribution in [-0.4, -0.2) is 29.6 Å². The zero-order valence-electron chi connectivity index (χ0n) is 19.0. The summed E-state index contributed by atoms with van der Waals surface area (Å²) in [6.45, 7) is 3.66. The smallest absolute Gasteiger partial charge is 0.349 e. The normalized spacial score (nSPS) is 14.2. The van der Waals surface area contributed by atoms with Crippen LogP contribution in [-0.2, 0) is 6.18 Å². The summed E-state index contributed by atoms with van der Waals surface area (Å²) < 4.78 is 82.4. The summed E-state index contributed by atoms with van der Waals surface area (Å²) >= 11 is 19.1. The highest BCUT2D eigenvalue weighted by molar-refractivity contribution is 7.99. The minimum absolute atomic E-state index is 0.117. The molecule has 2 aromatic rings. The van der Waals surface area contributed by atoms with E-state index < -0.39 is 35.3 Å². The van der Waals surface area contributed by atoms with Gasteiger partial charge in [0.15, 0.2) is 0 Å². The molecular formula is C24H22Cl3F6NOS. The second kappa shape index (κ2) is 12.8. The molecule has 2 rings (SSSR count). The van der Waals surface area contributed by atoms with E-state index in [1.807, 2.05) is 6.92 Å². The summed E-state index contributed by atoms with van der Waals surface area (Å²) in [4.78, 5) is 12.5. The van der Waals surface area contributed by atoms with Gasteiger partial charge < -0.3 is 5.32 Å². The van der Waals surface area contributed by atoms with Gasteiger partial charge in [-0.2, -0.15) is 38.1 Å². The maximum atomic E-state index is 13.7. The standard InChI is InChI=1S/C24H22Cl3F6NOS/c1-3-8-36-12-13(2)34-22(35)16-6-4-14(9-18(16)24(31,32)33)5-7-17(23(28,29)30)15-10-19(25)21(27)20(26)11-15/h4-7,9-11,13,17H,3,8,12H2,1-2H3,(H,34,35)/b7-5+/t13-,17?/m1/s1. The van der Waals surface area contributed by atoms with Crippen molar-refractivity contribution in [1.82, 2.24) is 5.32 Å². The average Bonchev–Trinajstić information content (AvgIpc) is 2.76. The third kappa shape index (κ3) is 8.50. The van der Waals surface area contributed by atoms with E-state index in [-0.39, 0.29) is 32.2 Å². The Balaban J connectivity index is 2.38. The van der Waals surface area contributed by atoms with Crippen molar-refractivity contribution < 1.29 is 31.1 Å². The second-order valence-corrected chi connectivity index (χ2v) is 10.3. The summed E-state index contributed by atoms with van der Waals surface area (Å²) in [6, 6.07) is 4.34. The van der Waals surface area contributed by atoms with E-state index >= 15 is 0 Å². The largest absolute Gasteiger partial charge is 0.417 e. The monoisotopic (exact) mass is 591 g/mol. The summed E-state index contributed by atoms with van der Waals surface area (Å²) in [6.07, 6.45) is -7.19. The predicted octanol–water partition coefficient (Wildman–Crippen LogP) is 9.29. The van der Waals surface area contributed by atoms with Crippen molar-refractivity contribution >= 4 is 58.5 Å². The van der Waals surface area contributed by atoms with Crippen molar-refractivity contribution in [3.63, 3.8) is 0 Å². The Morgan fingerprint density at radius 2 is 1.67 bits per heavy atom. The molecule has 0 saturated carbocycles. The number of alkyl halides is 6. The molecule has 36 heavy (non-hydrogen) atoms. The Hall–Kier alpha value is -1.55. The van der Waals surface area contributed by atoms with Crippen molar-refractivity contribution in [3.8, 4) is 0 Å². The number of thioether (sulfide) groups is 1. The molecule has 0 spiro atoms. The van der Waals surface area contributed by atoms with E-state index in [1.165, 1.54) is 0 Å². The van der Waals surface area contributed by atoms with Crippen LogP contribution in [0.5, 0.6) is 0 Å². The highest BCUT2D eigenvalue weighted by Crippen LogP contribution is 2.41. The maximum Gasteiger partial charge on any atom is 0.417 e. The zero-order valence-corrected chi connectivity index (χ0v) is 22.1. The van der Waals surface area contributed by atoms with Crippen molar-refractivity contribution in [2.75, 3.05) is 11.5 Å². The van der Waals surface area contributed by atoms with Crippen molar-refractivity contribution in [3.05, 3.63) is 73.7 Å². The fourth-order valence-corrected chi connectivity index (χ4v) is 4.72. The first-order chi connectivity index (χ1) is 16.6. The minimum atomic E-state index is -4.91. The number of hydrogen-bond acceptors (Lipinski definition) is 2. The van der Waals surface area contributed by atoms with Gasteiger partial charge in [0.05, 0.1) is 32.1 Å². The number of carbonyl (C=O) groups excluding carboxylic acids is 1. The van der Waals surface area contributed by atoms with Crippen molar-refractivity contribution in [1.29, 1.82) is 0 Å². The Morgan fingerprint density at radius 1 is 1.06 bits per heavy atom. The number of amides is 1. The molecule has 0 aliphatic heterocycles. The lowest BCUT2D eigenvalue weighted by molar-refractivity contribution is -0.139.